The zero-order valence-corrected chi connectivity index (χ0v) is 8.97. The van der Waals surface area contributed by atoms with E-state index >= 15 is 0 Å². The number of aliphatic hydroxyl groups excluding tert-OH is 1. The number of ether oxygens (including phenoxy) is 1. The summed E-state index contributed by atoms with van der Waals surface area (Å²) in [5.74, 6) is 0. The van der Waals surface area contributed by atoms with Gasteiger partial charge in [-0.2, -0.15) is 13.2 Å². The van der Waals surface area contributed by atoms with E-state index < -0.39 is 18.7 Å². The predicted octanol–water partition coefficient (Wildman–Crippen LogP) is 2.50. The summed E-state index contributed by atoms with van der Waals surface area (Å²) in [6.45, 7) is 3.44. The highest BCUT2D eigenvalue weighted by Crippen LogP contribution is 2.45. The van der Waals surface area contributed by atoms with Crippen molar-refractivity contribution in [3.8, 4) is 0 Å². The lowest BCUT2D eigenvalue weighted by atomic mass is 9.63. The molecule has 0 saturated heterocycles. The molecule has 0 spiro atoms. The first-order valence-electron chi connectivity index (χ1n) is 5.16. The van der Waals surface area contributed by atoms with Crippen molar-refractivity contribution in [2.24, 2.45) is 5.41 Å². The van der Waals surface area contributed by atoms with Gasteiger partial charge in [-0.1, -0.05) is 13.8 Å². The van der Waals surface area contributed by atoms with Gasteiger partial charge < -0.3 is 9.84 Å². The second-order valence-corrected chi connectivity index (χ2v) is 4.34. The fourth-order valence-electron chi connectivity index (χ4n) is 1.83. The van der Waals surface area contributed by atoms with Crippen LogP contribution in [0.25, 0.3) is 0 Å². The van der Waals surface area contributed by atoms with Crippen molar-refractivity contribution in [1.82, 2.24) is 0 Å². The highest BCUT2D eigenvalue weighted by Gasteiger charge is 2.50. The third-order valence-corrected chi connectivity index (χ3v) is 3.40. The van der Waals surface area contributed by atoms with Crippen LogP contribution in [0.15, 0.2) is 0 Å². The van der Waals surface area contributed by atoms with Crippen LogP contribution in [-0.4, -0.2) is 30.1 Å². The molecule has 1 aliphatic carbocycles. The molecule has 3 atom stereocenters. The summed E-state index contributed by atoms with van der Waals surface area (Å²) in [7, 11) is 0. The molecule has 1 saturated carbocycles. The highest BCUT2D eigenvalue weighted by molar-refractivity contribution is 5.00. The lowest BCUT2D eigenvalue weighted by Crippen LogP contribution is -2.56. The second kappa shape index (κ2) is 4.29. The number of hydrogen-bond donors (Lipinski definition) is 1. The van der Waals surface area contributed by atoms with Crippen molar-refractivity contribution in [3.63, 3.8) is 0 Å². The van der Waals surface area contributed by atoms with Gasteiger partial charge in [-0.15, -0.1) is 0 Å². The summed E-state index contributed by atoms with van der Waals surface area (Å²) in [5.41, 5.74) is -0.369. The molecular formula is C10H17F3O2. The Morgan fingerprint density at radius 1 is 1.47 bits per heavy atom. The minimum absolute atomic E-state index is 0.236. The van der Waals surface area contributed by atoms with E-state index in [1.165, 1.54) is 0 Å². The van der Waals surface area contributed by atoms with Gasteiger partial charge in [0.25, 0.3) is 0 Å². The van der Waals surface area contributed by atoms with Crippen LogP contribution in [-0.2, 0) is 4.74 Å². The lowest BCUT2D eigenvalue weighted by Gasteiger charge is -2.50. The van der Waals surface area contributed by atoms with Crippen molar-refractivity contribution in [3.05, 3.63) is 0 Å². The molecular weight excluding hydrogens is 209 g/mol. The van der Waals surface area contributed by atoms with Crippen LogP contribution in [0, 0.1) is 5.41 Å². The van der Waals surface area contributed by atoms with Crippen LogP contribution in [0.1, 0.15) is 33.1 Å². The van der Waals surface area contributed by atoms with E-state index in [4.69, 9.17) is 4.74 Å². The van der Waals surface area contributed by atoms with Gasteiger partial charge in [-0.05, 0) is 6.42 Å². The van der Waals surface area contributed by atoms with Gasteiger partial charge in [-0.25, -0.2) is 0 Å². The van der Waals surface area contributed by atoms with E-state index in [0.29, 0.717) is 12.8 Å². The second-order valence-electron chi connectivity index (χ2n) is 4.34. The maximum absolute atomic E-state index is 11.8. The first kappa shape index (κ1) is 12.8. The molecule has 0 amide bonds. The lowest BCUT2D eigenvalue weighted by molar-refractivity contribution is -0.203. The summed E-state index contributed by atoms with van der Waals surface area (Å²) in [4.78, 5) is 0. The number of alkyl halides is 3. The summed E-state index contributed by atoms with van der Waals surface area (Å²) < 4.78 is 40.7. The topological polar surface area (TPSA) is 29.5 Å². The summed E-state index contributed by atoms with van der Waals surface area (Å²) >= 11 is 0. The van der Waals surface area contributed by atoms with Gasteiger partial charge in [0.1, 0.15) is 0 Å². The Morgan fingerprint density at radius 3 is 2.47 bits per heavy atom. The average molecular weight is 226 g/mol. The van der Waals surface area contributed by atoms with E-state index in [2.05, 4.69) is 0 Å². The van der Waals surface area contributed by atoms with Crippen LogP contribution in [0.2, 0.25) is 0 Å². The SMILES string of the molecule is CCC1(C)C(O)CC1OCCC(F)(F)F. The summed E-state index contributed by atoms with van der Waals surface area (Å²) in [6, 6.07) is 0. The quantitative estimate of drug-likeness (QED) is 0.798. The van der Waals surface area contributed by atoms with Crippen LogP contribution in [0.4, 0.5) is 13.2 Å². The molecule has 0 bridgehead atoms. The summed E-state index contributed by atoms with van der Waals surface area (Å²) in [6.07, 6.45) is -4.60. The van der Waals surface area contributed by atoms with Gasteiger partial charge in [0, 0.05) is 11.8 Å². The van der Waals surface area contributed by atoms with Gasteiger partial charge >= 0.3 is 6.18 Å². The van der Waals surface area contributed by atoms with Crippen molar-refractivity contribution in [2.75, 3.05) is 6.61 Å². The number of aliphatic hydroxyl groups is 1. The Kier molecular flexibility index (Phi) is 3.66. The molecule has 15 heavy (non-hydrogen) atoms. The molecule has 0 heterocycles. The first-order valence-corrected chi connectivity index (χ1v) is 5.16. The molecule has 1 rings (SSSR count). The normalized spacial score (nSPS) is 36.4. The molecule has 1 N–H and O–H groups in total. The van der Waals surface area contributed by atoms with Crippen molar-refractivity contribution in [2.45, 2.75) is 51.5 Å². The van der Waals surface area contributed by atoms with Crippen molar-refractivity contribution < 1.29 is 23.0 Å². The Bertz CT molecular complexity index is 217. The van der Waals surface area contributed by atoms with Crippen LogP contribution in [0.5, 0.6) is 0 Å². The molecule has 0 aliphatic heterocycles. The fraction of sp³-hybridized carbons (Fsp3) is 1.00. The molecule has 0 radical (unpaired) electrons. The minimum atomic E-state index is -4.16. The van der Waals surface area contributed by atoms with Gasteiger partial charge in [-0.3, -0.25) is 0 Å². The Labute approximate surface area is 87.4 Å². The zero-order valence-electron chi connectivity index (χ0n) is 8.97. The summed E-state index contributed by atoms with van der Waals surface area (Å²) in [5, 5.41) is 9.49. The standard InChI is InChI=1S/C10H17F3O2/c1-3-9(2)7(14)6-8(9)15-5-4-10(11,12)13/h7-8,14H,3-6H2,1-2H3. The molecule has 0 aromatic rings. The zero-order chi connectivity index (χ0) is 11.7. The van der Waals surface area contributed by atoms with E-state index in [1.807, 2.05) is 13.8 Å². The fourth-order valence-corrected chi connectivity index (χ4v) is 1.83. The van der Waals surface area contributed by atoms with Gasteiger partial charge in [0.15, 0.2) is 0 Å². The Balaban J connectivity index is 2.30. The van der Waals surface area contributed by atoms with Crippen LogP contribution < -0.4 is 0 Å². The monoisotopic (exact) mass is 226 g/mol. The minimum Gasteiger partial charge on any atom is -0.392 e. The maximum atomic E-state index is 11.8. The number of halogens is 3. The molecule has 0 aromatic heterocycles. The molecule has 90 valence electrons. The van der Waals surface area contributed by atoms with E-state index in [1.54, 1.807) is 0 Å². The third kappa shape index (κ3) is 2.84. The first-order chi connectivity index (χ1) is 6.79. The van der Waals surface area contributed by atoms with Crippen LogP contribution in [0.3, 0.4) is 0 Å². The molecule has 0 aromatic carbocycles. The van der Waals surface area contributed by atoms with E-state index in [0.717, 1.165) is 0 Å². The van der Waals surface area contributed by atoms with E-state index in [-0.39, 0.29) is 18.1 Å². The Hall–Kier alpha value is -0.290. The van der Waals surface area contributed by atoms with Crippen molar-refractivity contribution in [1.29, 1.82) is 0 Å². The molecule has 1 fully saturated rings. The molecule has 2 nitrogen and oxygen atoms in total. The molecule has 5 heteroatoms. The number of rotatable bonds is 4. The Morgan fingerprint density at radius 2 is 2.07 bits per heavy atom. The van der Waals surface area contributed by atoms with Gasteiger partial charge in [0.05, 0.1) is 25.2 Å². The predicted molar refractivity (Wildman–Crippen MR) is 49.4 cm³/mol. The maximum Gasteiger partial charge on any atom is 0.391 e. The smallest absolute Gasteiger partial charge is 0.391 e. The van der Waals surface area contributed by atoms with Crippen molar-refractivity contribution >= 4 is 0 Å². The molecule has 1 aliphatic rings. The number of hydrogen-bond acceptors (Lipinski definition) is 2. The van der Waals surface area contributed by atoms with E-state index in [9.17, 15) is 18.3 Å². The average Bonchev–Trinajstić information content (AvgIpc) is 2.13. The van der Waals surface area contributed by atoms with Crippen LogP contribution >= 0.6 is 0 Å². The largest absolute Gasteiger partial charge is 0.392 e. The highest BCUT2D eigenvalue weighted by atomic mass is 19.4. The van der Waals surface area contributed by atoms with Gasteiger partial charge in [0.2, 0.25) is 0 Å². The third-order valence-electron chi connectivity index (χ3n) is 3.40. The molecule has 3 unspecified atom stereocenters.